The van der Waals surface area contributed by atoms with Gasteiger partial charge in [-0.05, 0) is 18.9 Å². The molecule has 4 heterocycles. The Balaban J connectivity index is 1.45. The second-order valence-corrected chi connectivity index (χ2v) is 7.51. The van der Waals surface area contributed by atoms with Gasteiger partial charge in [-0.1, -0.05) is 0 Å². The van der Waals surface area contributed by atoms with Crippen molar-refractivity contribution < 1.29 is 4.79 Å². The van der Waals surface area contributed by atoms with Gasteiger partial charge in [0.2, 0.25) is 5.91 Å². The van der Waals surface area contributed by atoms with E-state index in [-0.39, 0.29) is 5.92 Å². The number of pyridine rings is 1. The first kappa shape index (κ1) is 15.6. The van der Waals surface area contributed by atoms with Crippen molar-refractivity contribution in [3.05, 3.63) is 24.8 Å². The minimum Gasteiger partial charge on any atom is -0.356 e. The number of carbonyl (C=O) groups excluding carboxylic acids is 1. The summed E-state index contributed by atoms with van der Waals surface area (Å²) in [4.78, 5) is 29.9. The topological polar surface area (TPSA) is 62.2 Å². The van der Waals surface area contributed by atoms with Crippen LogP contribution in [0.4, 0.5) is 5.82 Å². The molecule has 0 atom stereocenters. The second-order valence-electron chi connectivity index (χ2n) is 6.29. The number of carbonyl (C=O) groups is 1. The van der Waals surface area contributed by atoms with Crippen LogP contribution in [-0.2, 0) is 4.79 Å². The van der Waals surface area contributed by atoms with Crippen LogP contribution in [-0.4, -0.2) is 63.4 Å². The van der Waals surface area contributed by atoms with Gasteiger partial charge in [-0.3, -0.25) is 9.78 Å². The van der Waals surface area contributed by atoms with Gasteiger partial charge in [0.05, 0.1) is 11.7 Å². The molecule has 0 bridgehead atoms. The van der Waals surface area contributed by atoms with E-state index >= 15 is 0 Å². The second kappa shape index (κ2) is 6.93. The van der Waals surface area contributed by atoms with E-state index in [0.717, 1.165) is 67.2 Å². The first-order valence-electron chi connectivity index (χ1n) is 8.49. The first-order chi connectivity index (χ1) is 11.8. The number of hydrogen-bond donors (Lipinski definition) is 0. The minimum atomic E-state index is 0.166. The van der Waals surface area contributed by atoms with E-state index in [4.69, 9.17) is 0 Å². The highest BCUT2D eigenvalue weighted by Crippen LogP contribution is 2.28. The number of piperidine rings is 1. The molecule has 0 unspecified atom stereocenters. The number of fused-ring (bicyclic) bond motifs is 1. The Labute approximate surface area is 145 Å². The van der Waals surface area contributed by atoms with E-state index in [1.807, 2.05) is 17.8 Å². The van der Waals surface area contributed by atoms with Crippen molar-refractivity contribution in [2.45, 2.75) is 12.8 Å². The Morgan fingerprint density at radius 1 is 1.12 bits per heavy atom. The zero-order valence-corrected chi connectivity index (χ0v) is 14.4. The van der Waals surface area contributed by atoms with E-state index in [1.54, 1.807) is 18.7 Å². The molecule has 7 heteroatoms. The zero-order valence-electron chi connectivity index (χ0n) is 13.6. The maximum absolute atomic E-state index is 12.7. The van der Waals surface area contributed by atoms with Gasteiger partial charge in [0.15, 0.2) is 0 Å². The van der Waals surface area contributed by atoms with Crippen molar-refractivity contribution in [1.29, 1.82) is 0 Å². The van der Waals surface area contributed by atoms with Crippen molar-refractivity contribution in [1.82, 2.24) is 19.9 Å². The van der Waals surface area contributed by atoms with Crippen LogP contribution in [0, 0.1) is 5.92 Å². The molecular formula is C17H21N5OS. The molecule has 0 radical (unpaired) electrons. The molecule has 2 fully saturated rings. The third kappa shape index (κ3) is 3.05. The molecule has 24 heavy (non-hydrogen) atoms. The van der Waals surface area contributed by atoms with E-state index in [0.29, 0.717) is 5.91 Å². The Hall–Kier alpha value is -1.89. The monoisotopic (exact) mass is 343 g/mol. The third-order valence-corrected chi connectivity index (χ3v) is 5.83. The van der Waals surface area contributed by atoms with Gasteiger partial charge < -0.3 is 9.80 Å². The lowest BCUT2D eigenvalue weighted by molar-refractivity contribution is -0.135. The molecule has 2 aromatic rings. The minimum absolute atomic E-state index is 0.166. The SMILES string of the molecule is O=C(C1CCN(c2ncnc3cnccc23)CC1)N1CCSCC1. The average molecular weight is 343 g/mol. The number of aromatic nitrogens is 3. The summed E-state index contributed by atoms with van der Waals surface area (Å²) in [5, 5.41) is 1.03. The highest BCUT2D eigenvalue weighted by Gasteiger charge is 2.30. The van der Waals surface area contributed by atoms with Crippen LogP contribution in [0.2, 0.25) is 0 Å². The van der Waals surface area contributed by atoms with Crippen LogP contribution in [0.15, 0.2) is 24.8 Å². The Bertz CT molecular complexity index is 720. The van der Waals surface area contributed by atoms with Crippen LogP contribution in [0.5, 0.6) is 0 Å². The number of rotatable bonds is 2. The molecule has 1 amide bonds. The average Bonchev–Trinajstić information content (AvgIpc) is 2.68. The predicted molar refractivity (Wildman–Crippen MR) is 96.2 cm³/mol. The van der Waals surface area contributed by atoms with E-state index in [2.05, 4.69) is 24.8 Å². The van der Waals surface area contributed by atoms with Crippen molar-refractivity contribution in [2.24, 2.45) is 5.92 Å². The summed E-state index contributed by atoms with van der Waals surface area (Å²) in [6.07, 6.45) is 6.95. The Morgan fingerprint density at radius 3 is 2.71 bits per heavy atom. The lowest BCUT2D eigenvalue weighted by Gasteiger charge is -2.36. The van der Waals surface area contributed by atoms with Crippen LogP contribution >= 0.6 is 11.8 Å². The molecule has 4 rings (SSSR count). The quantitative estimate of drug-likeness (QED) is 0.829. The maximum Gasteiger partial charge on any atom is 0.225 e. The molecule has 2 aromatic heterocycles. The molecule has 2 saturated heterocycles. The fraction of sp³-hybridized carbons (Fsp3) is 0.529. The predicted octanol–water partition coefficient (Wildman–Crippen LogP) is 1.82. The van der Waals surface area contributed by atoms with E-state index < -0.39 is 0 Å². The largest absolute Gasteiger partial charge is 0.356 e. The fourth-order valence-corrected chi connectivity index (χ4v) is 4.43. The number of nitrogens with zero attached hydrogens (tertiary/aromatic N) is 5. The van der Waals surface area contributed by atoms with Crippen LogP contribution in [0.3, 0.4) is 0 Å². The Kier molecular flexibility index (Phi) is 4.51. The molecule has 0 N–H and O–H groups in total. The van der Waals surface area contributed by atoms with E-state index in [9.17, 15) is 4.79 Å². The van der Waals surface area contributed by atoms with Crippen molar-refractivity contribution >= 4 is 34.4 Å². The molecule has 126 valence electrons. The molecular weight excluding hydrogens is 322 g/mol. The molecule has 0 spiro atoms. The fourth-order valence-electron chi connectivity index (χ4n) is 3.53. The third-order valence-electron chi connectivity index (χ3n) is 4.88. The molecule has 0 saturated carbocycles. The lowest BCUT2D eigenvalue weighted by atomic mass is 9.95. The van der Waals surface area contributed by atoms with Crippen LogP contribution in [0.25, 0.3) is 10.9 Å². The summed E-state index contributed by atoms with van der Waals surface area (Å²) in [6.45, 7) is 3.56. The van der Waals surface area contributed by atoms with Gasteiger partial charge in [-0.25, -0.2) is 9.97 Å². The number of amides is 1. The van der Waals surface area contributed by atoms with Crippen LogP contribution in [0.1, 0.15) is 12.8 Å². The van der Waals surface area contributed by atoms with Gasteiger partial charge in [0.25, 0.3) is 0 Å². The van der Waals surface area contributed by atoms with Gasteiger partial charge in [0, 0.05) is 55.2 Å². The van der Waals surface area contributed by atoms with Crippen molar-refractivity contribution in [2.75, 3.05) is 42.6 Å². The van der Waals surface area contributed by atoms with Gasteiger partial charge in [0.1, 0.15) is 12.1 Å². The first-order valence-corrected chi connectivity index (χ1v) is 9.64. The van der Waals surface area contributed by atoms with Gasteiger partial charge in [-0.15, -0.1) is 0 Å². The van der Waals surface area contributed by atoms with Gasteiger partial charge >= 0.3 is 0 Å². The standard InChI is InChI=1S/C17H21N5OS/c23-17(22-7-9-24-10-8-22)13-2-5-21(6-3-13)16-14-1-4-18-11-15(14)19-12-20-16/h1,4,11-13H,2-3,5-10H2. The van der Waals surface area contributed by atoms with Crippen molar-refractivity contribution in [3.8, 4) is 0 Å². The highest BCUT2D eigenvalue weighted by molar-refractivity contribution is 7.99. The Morgan fingerprint density at radius 2 is 1.92 bits per heavy atom. The summed E-state index contributed by atoms with van der Waals surface area (Å²) < 4.78 is 0. The molecule has 2 aliphatic rings. The summed E-state index contributed by atoms with van der Waals surface area (Å²) in [5.41, 5.74) is 0.867. The number of anilines is 1. The molecule has 0 aliphatic carbocycles. The highest BCUT2D eigenvalue weighted by atomic mass is 32.2. The maximum atomic E-state index is 12.7. The van der Waals surface area contributed by atoms with Crippen molar-refractivity contribution in [3.63, 3.8) is 0 Å². The lowest BCUT2D eigenvalue weighted by Crippen LogP contribution is -2.45. The smallest absolute Gasteiger partial charge is 0.225 e. The summed E-state index contributed by atoms with van der Waals surface area (Å²) in [5.74, 6) is 3.63. The number of thioether (sulfide) groups is 1. The molecule has 0 aromatic carbocycles. The van der Waals surface area contributed by atoms with E-state index in [1.165, 1.54) is 0 Å². The molecule has 2 aliphatic heterocycles. The summed E-state index contributed by atoms with van der Waals surface area (Å²) >= 11 is 1.94. The number of hydrogen-bond acceptors (Lipinski definition) is 6. The normalized spacial score (nSPS) is 19.7. The molecule has 6 nitrogen and oxygen atoms in total. The summed E-state index contributed by atoms with van der Waals surface area (Å²) in [7, 11) is 0. The van der Waals surface area contributed by atoms with Gasteiger partial charge in [-0.2, -0.15) is 11.8 Å². The van der Waals surface area contributed by atoms with Crippen LogP contribution < -0.4 is 4.90 Å². The summed E-state index contributed by atoms with van der Waals surface area (Å²) in [6, 6.07) is 1.97. The zero-order chi connectivity index (χ0) is 16.4.